The summed E-state index contributed by atoms with van der Waals surface area (Å²) in [6.07, 6.45) is -3.06. The fourth-order valence-corrected chi connectivity index (χ4v) is 2.13. The molecule has 1 aromatic carbocycles. The van der Waals surface area contributed by atoms with E-state index in [1.54, 1.807) is 0 Å². The van der Waals surface area contributed by atoms with E-state index < -0.39 is 30.2 Å². The van der Waals surface area contributed by atoms with Gasteiger partial charge >= 0.3 is 12.1 Å². The van der Waals surface area contributed by atoms with E-state index in [2.05, 4.69) is 5.10 Å². The zero-order valence-electron chi connectivity index (χ0n) is 12.6. The van der Waals surface area contributed by atoms with E-state index >= 15 is 0 Å². The second-order valence-electron chi connectivity index (χ2n) is 5.09. The van der Waals surface area contributed by atoms with Crippen molar-refractivity contribution in [2.24, 2.45) is 7.05 Å². The number of benzene rings is 1. The van der Waals surface area contributed by atoms with Crippen LogP contribution in [-0.4, -0.2) is 38.2 Å². The van der Waals surface area contributed by atoms with Crippen LogP contribution in [0.4, 0.5) is 13.2 Å². The minimum Gasteiger partial charge on any atom is -0.480 e. The Morgan fingerprint density at radius 1 is 1.21 bits per heavy atom. The third-order valence-electron chi connectivity index (χ3n) is 3.31. The predicted molar refractivity (Wildman–Crippen MR) is 77.0 cm³/mol. The first-order valence-corrected chi connectivity index (χ1v) is 6.83. The second kappa shape index (κ2) is 6.73. The van der Waals surface area contributed by atoms with Gasteiger partial charge in [0.2, 0.25) is 0 Å². The molecule has 0 aliphatic heterocycles. The molecule has 1 N–H and O–H groups in total. The first-order valence-electron chi connectivity index (χ1n) is 6.83. The molecule has 1 heterocycles. The van der Waals surface area contributed by atoms with E-state index in [1.807, 2.05) is 0 Å². The van der Waals surface area contributed by atoms with Gasteiger partial charge in [-0.3, -0.25) is 14.3 Å². The van der Waals surface area contributed by atoms with Gasteiger partial charge in [-0.05, 0) is 23.8 Å². The van der Waals surface area contributed by atoms with E-state index in [4.69, 9.17) is 5.11 Å². The minimum absolute atomic E-state index is 0.131. The van der Waals surface area contributed by atoms with Crippen LogP contribution in [0.2, 0.25) is 0 Å². The van der Waals surface area contributed by atoms with E-state index in [9.17, 15) is 22.8 Å². The van der Waals surface area contributed by atoms with Gasteiger partial charge < -0.3 is 10.0 Å². The average Bonchev–Trinajstić information content (AvgIpc) is 2.91. The van der Waals surface area contributed by atoms with Crippen LogP contribution in [0.25, 0.3) is 0 Å². The molecule has 0 radical (unpaired) electrons. The summed E-state index contributed by atoms with van der Waals surface area (Å²) in [5, 5.41) is 12.8. The first-order chi connectivity index (χ1) is 11.2. The molecule has 0 aliphatic rings. The Kier molecular flexibility index (Phi) is 4.91. The van der Waals surface area contributed by atoms with Crippen LogP contribution in [-0.2, 0) is 24.6 Å². The lowest BCUT2D eigenvalue weighted by Crippen LogP contribution is -2.36. The number of halogens is 3. The van der Waals surface area contributed by atoms with Crippen LogP contribution in [0, 0.1) is 0 Å². The number of alkyl halides is 3. The average molecular weight is 341 g/mol. The molecule has 9 heteroatoms. The summed E-state index contributed by atoms with van der Waals surface area (Å²) < 4.78 is 39.0. The summed E-state index contributed by atoms with van der Waals surface area (Å²) >= 11 is 0. The number of hydrogen-bond donors (Lipinski definition) is 1. The lowest BCUT2D eigenvalue weighted by molar-refractivity contribution is -0.138. The molecule has 128 valence electrons. The molecule has 24 heavy (non-hydrogen) atoms. The number of aromatic nitrogens is 2. The van der Waals surface area contributed by atoms with Gasteiger partial charge in [-0.2, -0.15) is 18.3 Å². The van der Waals surface area contributed by atoms with Crippen molar-refractivity contribution in [1.82, 2.24) is 14.7 Å². The molecule has 2 aromatic rings. The van der Waals surface area contributed by atoms with E-state index in [1.165, 1.54) is 36.1 Å². The van der Waals surface area contributed by atoms with Crippen molar-refractivity contribution < 1.29 is 27.9 Å². The molecule has 1 aromatic heterocycles. The van der Waals surface area contributed by atoms with Crippen LogP contribution in [0.1, 0.15) is 21.6 Å². The van der Waals surface area contributed by atoms with Gasteiger partial charge in [0.05, 0.1) is 5.56 Å². The third-order valence-corrected chi connectivity index (χ3v) is 3.31. The largest absolute Gasteiger partial charge is 0.480 e. The van der Waals surface area contributed by atoms with Crippen LogP contribution in [0.3, 0.4) is 0 Å². The molecule has 0 spiro atoms. The van der Waals surface area contributed by atoms with Crippen molar-refractivity contribution in [3.8, 4) is 0 Å². The van der Waals surface area contributed by atoms with Gasteiger partial charge in [-0.15, -0.1) is 0 Å². The summed E-state index contributed by atoms with van der Waals surface area (Å²) in [6.45, 7) is -0.709. The number of hydrogen-bond acceptors (Lipinski definition) is 3. The Bertz CT molecular complexity index is 738. The number of aliphatic carboxylic acids is 1. The highest BCUT2D eigenvalue weighted by Gasteiger charge is 2.30. The molecule has 0 bridgehead atoms. The quantitative estimate of drug-likeness (QED) is 0.904. The summed E-state index contributed by atoms with van der Waals surface area (Å²) in [4.78, 5) is 24.4. The van der Waals surface area contributed by atoms with Gasteiger partial charge in [-0.25, -0.2) is 0 Å². The summed E-state index contributed by atoms with van der Waals surface area (Å²) in [5.74, 6) is -1.80. The van der Waals surface area contributed by atoms with E-state index in [0.717, 1.165) is 17.0 Å². The third kappa shape index (κ3) is 4.12. The number of carboxylic acids is 1. The first kappa shape index (κ1) is 17.5. The molecule has 0 saturated carbocycles. The maximum atomic E-state index is 12.6. The minimum atomic E-state index is -4.45. The van der Waals surface area contributed by atoms with Crippen LogP contribution < -0.4 is 0 Å². The number of amides is 1. The number of carbonyl (C=O) groups is 2. The van der Waals surface area contributed by atoms with Crippen molar-refractivity contribution in [1.29, 1.82) is 0 Å². The van der Waals surface area contributed by atoms with Crippen molar-refractivity contribution in [3.05, 3.63) is 53.3 Å². The molecule has 0 saturated heterocycles. The Morgan fingerprint density at radius 3 is 2.29 bits per heavy atom. The van der Waals surface area contributed by atoms with Gasteiger partial charge in [-0.1, -0.05) is 12.1 Å². The predicted octanol–water partition coefficient (Wildman–Crippen LogP) is 2.17. The fraction of sp³-hybridized carbons (Fsp3) is 0.267. The highest BCUT2D eigenvalue weighted by molar-refractivity contribution is 5.94. The standard InChI is InChI=1S/C15H14F3N3O3/c1-20-12(6-7-19-20)14(24)21(9-13(22)23)8-10-2-4-11(5-3-10)15(16,17)18/h2-7H,8-9H2,1H3,(H,22,23). The molecular weight excluding hydrogens is 327 g/mol. The molecule has 0 atom stereocenters. The highest BCUT2D eigenvalue weighted by Crippen LogP contribution is 2.29. The van der Waals surface area contributed by atoms with Crippen LogP contribution in [0.15, 0.2) is 36.5 Å². The zero-order chi connectivity index (χ0) is 17.9. The van der Waals surface area contributed by atoms with Crippen molar-refractivity contribution in [3.63, 3.8) is 0 Å². The summed E-state index contributed by atoms with van der Waals surface area (Å²) in [6, 6.07) is 5.65. The summed E-state index contributed by atoms with van der Waals surface area (Å²) in [7, 11) is 1.53. The summed E-state index contributed by atoms with van der Waals surface area (Å²) in [5.41, 5.74) is -0.239. The molecule has 0 fully saturated rings. The van der Waals surface area contributed by atoms with Crippen molar-refractivity contribution in [2.75, 3.05) is 6.54 Å². The zero-order valence-corrected chi connectivity index (χ0v) is 12.6. The van der Waals surface area contributed by atoms with Gasteiger partial charge in [0.1, 0.15) is 12.2 Å². The molecular formula is C15H14F3N3O3. The number of carbonyl (C=O) groups excluding carboxylic acids is 1. The number of nitrogens with zero attached hydrogens (tertiary/aromatic N) is 3. The van der Waals surface area contributed by atoms with E-state index in [0.29, 0.717) is 5.56 Å². The van der Waals surface area contributed by atoms with Crippen LogP contribution in [0.5, 0.6) is 0 Å². The fourth-order valence-electron chi connectivity index (χ4n) is 2.13. The number of aryl methyl sites for hydroxylation is 1. The molecule has 2 rings (SSSR count). The Balaban J connectivity index is 2.21. The molecule has 0 unspecified atom stereocenters. The topological polar surface area (TPSA) is 75.4 Å². The lowest BCUT2D eigenvalue weighted by Gasteiger charge is -2.21. The van der Waals surface area contributed by atoms with E-state index in [-0.39, 0.29) is 12.2 Å². The Morgan fingerprint density at radius 2 is 1.83 bits per heavy atom. The van der Waals surface area contributed by atoms with Crippen LogP contribution >= 0.6 is 0 Å². The second-order valence-corrected chi connectivity index (χ2v) is 5.09. The normalized spacial score (nSPS) is 11.3. The maximum absolute atomic E-state index is 12.6. The molecule has 0 aliphatic carbocycles. The van der Waals surface area contributed by atoms with Gasteiger partial charge in [0.15, 0.2) is 0 Å². The van der Waals surface area contributed by atoms with Crippen molar-refractivity contribution in [2.45, 2.75) is 12.7 Å². The molecule has 6 nitrogen and oxygen atoms in total. The lowest BCUT2D eigenvalue weighted by atomic mass is 10.1. The van der Waals surface area contributed by atoms with Gasteiger partial charge in [0, 0.05) is 19.8 Å². The smallest absolute Gasteiger partial charge is 0.416 e. The Labute approximate surface area is 135 Å². The number of rotatable bonds is 5. The van der Waals surface area contributed by atoms with Crippen molar-refractivity contribution >= 4 is 11.9 Å². The Hall–Kier alpha value is -2.84. The van der Waals surface area contributed by atoms with Gasteiger partial charge in [0.25, 0.3) is 5.91 Å². The SMILES string of the molecule is Cn1nccc1C(=O)N(CC(=O)O)Cc1ccc(C(F)(F)F)cc1. The highest BCUT2D eigenvalue weighted by atomic mass is 19.4. The number of carboxylic acid groups (broad SMARTS) is 1. The maximum Gasteiger partial charge on any atom is 0.416 e. The molecule has 1 amide bonds. The monoisotopic (exact) mass is 341 g/mol.